The Kier molecular flexibility index (Phi) is 3.15. The highest BCUT2D eigenvalue weighted by atomic mass is 16.2. The van der Waals surface area contributed by atoms with Crippen molar-refractivity contribution < 1.29 is 4.79 Å². The normalized spacial score (nSPS) is 16.9. The Balaban J connectivity index is 2.19. The summed E-state index contributed by atoms with van der Waals surface area (Å²) in [5.41, 5.74) is 3.84. The van der Waals surface area contributed by atoms with Crippen LogP contribution in [0.5, 0.6) is 0 Å². The molecule has 0 aromatic carbocycles. The molecule has 1 heterocycles. The second kappa shape index (κ2) is 4.45. The van der Waals surface area contributed by atoms with E-state index in [1.165, 1.54) is 0 Å². The molecule has 4 heteroatoms. The molecule has 1 aromatic heterocycles. The second-order valence-corrected chi connectivity index (χ2v) is 5.16. The van der Waals surface area contributed by atoms with Crippen LogP contribution in [0.25, 0.3) is 0 Å². The summed E-state index contributed by atoms with van der Waals surface area (Å²) >= 11 is 0. The van der Waals surface area contributed by atoms with Crippen LogP contribution in [-0.4, -0.2) is 27.5 Å². The first kappa shape index (κ1) is 12.0. The van der Waals surface area contributed by atoms with E-state index in [2.05, 4.69) is 17.3 Å². The summed E-state index contributed by atoms with van der Waals surface area (Å²) in [5, 5.41) is 1.77. The van der Waals surface area contributed by atoms with Crippen LogP contribution < -0.4 is 5.43 Å². The molecule has 0 radical (unpaired) electrons. The van der Waals surface area contributed by atoms with E-state index in [-0.39, 0.29) is 17.5 Å². The predicted octanol–water partition coefficient (Wildman–Crippen LogP) is 1.99. The monoisotopic (exact) mass is 233 g/mol. The largest absolute Gasteiger partial charge is 0.270 e. The van der Waals surface area contributed by atoms with Crippen LogP contribution in [-0.2, 0) is 0 Å². The third kappa shape index (κ3) is 2.64. The van der Waals surface area contributed by atoms with Crippen molar-refractivity contribution in [3.63, 3.8) is 0 Å². The van der Waals surface area contributed by atoms with Gasteiger partial charge in [-0.05, 0) is 45.7 Å². The van der Waals surface area contributed by atoms with Gasteiger partial charge >= 0.3 is 0 Å². The average Bonchev–Trinajstić information content (AvgIpc) is 3.05. The first-order chi connectivity index (χ1) is 8.03. The number of hydrogen-bond acceptors (Lipinski definition) is 3. The van der Waals surface area contributed by atoms with Gasteiger partial charge in [-0.15, -0.1) is 0 Å². The third-order valence-electron chi connectivity index (χ3n) is 3.01. The molecule has 0 unspecified atom stereocenters. The molecule has 1 aliphatic rings. The van der Waals surface area contributed by atoms with Crippen LogP contribution in [0.1, 0.15) is 44.0 Å². The average molecular weight is 233 g/mol. The van der Waals surface area contributed by atoms with E-state index in [0.29, 0.717) is 5.56 Å². The molecule has 2 rings (SSSR count). The van der Waals surface area contributed by atoms with Gasteiger partial charge in [0.15, 0.2) is 0 Å². The second-order valence-electron chi connectivity index (χ2n) is 5.16. The Bertz CT molecular complexity index is 398. The SMILES string of the molecule is CC(C)NN(C(=O)c1cccnc1)C1(C)CC1. The number of amides is 1. The fourth-order valence-electron chi connectivity index (χ4n) is 1.74. The van der Waals surface area contributed by atoms with E-state index in [1.807, 2.05) is 13.8 Å². The van der Waals surface area contributed by atoms with Crippen LogP contribution in [0.2, 0.25) is 0 Å². The number of carbonyl (C=O) groups excluding carboxylic acids is 1. The van der Waals surface area contributed by atoms with Crippen LogP contribution in [0.3, 0.4) is 0 Å². The van der Waals surface area contributed by atoms with Gasteiger partial charge in [-0.2, -0.15) is 0 Å². The standard InChI is InChI=1S/C13H19N3O/c1-10(2)15-16(13(3)6-7-13)12(17)11-5-4-8-14-9-11/h4-5,8-10,15H,6-7H2,1-3H3. The summed E-state index contributed by atoms with van der Waals surface area (Å²) in [4.78, 5) is 16.4. The maximum atomic E-state index is 12.4. The first-order valence-electron chi connectivity index (χ1n) is 6.04. The van der Waals surface area contributed by atoms with Crippen LogP contribution in [0.15, 0.2) is 24.5 Å². The van der Waals surface area contributed by atoms with E-state index in [0.717, 1.165) is 12.8 Å². The molecule has 0 aliphatic heterocycles. The molecule has 0 spiro atoms. The number of nitrogens with zero attached hydrogens (tertiary/aromatic N) is 2. The van der Waals surface area contributed by atoms with Gasteiger partial charge in [-0.3, -0.25) is 14.8 Å². The third-order valence-corrected chi connectivity index (χ3v) is 3.01. The minimum atomic E-state index is -0.0306. The molecule has 1 fully saturated rings. The maximum absolute atomic E-state index is 12.4. The van der Waals surface area contributed by atoms with Gasteiger partial charge in [-0.1, -0.05) is 0 Å². The fraction of sp³-hybridized carbons (Fsp3) is 0.538. The summed E-state index contributed by atoms with van der Waals surface area (Å²) in [5.74, 6) is 0.00630. The van der Waals surface area contributed by atoms with Gasteiger partial charge in [0.25, 0.3) is 5.91 Å². The van der Waals surface area contributed by atoms with Gasteiger partial charge in [0.2, 0.25) is 0 Å². The zero-order chi connectivity index (χ0) is 12.5. The lowest BCUT2D eigenvalue weighted by molar-refractivity contribution is 0.0486. The molecule has 1 N–H and O–H groups in total. The van der Waals surface area contributed by atoms with Crippen molar-refractivity contribution in [3.05, 3.63) is 30.1 Å². The number of hydrazine groups is 1. The lowest BCUT2D eigenvalue weighted by atomic mass is 10.2. The number of rotatable bonds is 4. The van der Waals surface area contributed by atoms with E-state index in [9.17, 15) is 4.79 Å². The highest BCUT2D eigenvalue weighted by Gasteiger charge is 2.46. The van der Waals surface area contributed by atoms with Gasteiger partial charge in [0.05, 0.1) is 11.1 Å². The van der Waals surface area contributed by atoms with E-state index in [1.54, 1.807) is 29.5 Å². The number of aromatic nitrogens is 1. The summed E-state index contributed by atoms with van der Waals surface area (Å²) < 4.78 is 0. The minimum absolute atomic E-state index is 0.00630. The summed E-state index contributed by atoms with van der Waals surface area (Å²) in [7, 11) is 0. The topological polar surface area (TPSA) is 45.2 Å². The molecule has 1 aromatic rings. The van der Waals surface area contributed by atoms with Gasteiger partial charge in [-0.25, -0.2) is 5.43 Å². The summed E-state index contributed by atoms with van der Waals surface area (Å²) in [6, 6.07) is 3.83. The molecule has 0 bridgehead atoms. The van der Waals surface area contributed by atoms with Crippen molar-refractivity contribution in [2.24, 2.45) is 0 Å². The van der Waals surface area contributed by atoms with Crippen LogP contribution in [0.4, 0.5) is 0 Å². The molecule has 1 saturated carbocycles. The molecule has 92 valence electrons. The maximum Gasteiger partial charge on any atom is 0.270 e. The smallest absolute Gasteiger partial charge is 0.268 e. The van der Waals surface area contributed by atoms with Crippen molar-refractivity contribution in [2.75, 3.05) is 0 Å². The number of pyridine rings is 1. The number of nitrogens with one attached hydrogen (secondary N) is 1. The van der Waals surface area contributed by atoms with E-state index in [4.69, 9.17) is 0 Å². The minimum Gasteiger partial charge on any atom is -0.268 e. The van der Waals surface area contributed by atoms with Crippen molar-refractivity contribution in [1.82, 2.24) is 15.4 Å². The molecule has 0 atom stereocenters. The molecular formula is C13H19N3O. The Morgan fingerprint density at radius 2 is 2.24 bits per heavy atom. The molecule has 0 saturated heterocycles. The predicted molar refractivity (Wildman–Crippen MR) is 66.3 cm³/mol. The van der Waals surface area contributed by atoms with E-state index < -0.39 is 0 Å². The highest BCUT2D eigenvalue weighted by Crippen LogP contribution is 2.40. The van der Waals surface area contributed by atoms with Crippen molar-refractivity contribution in [3.8, 4) is 0 Å². The fourth-order valence-corrected chi connectivity index (χ4v) is 1.74. The summed E-state index contributed by atoms with van der Waals surface area (Å²) in [6.07, 6.45) is 5.40. The molecule has 1 amide bonds. The first-order valence-corrected chi connectivity index (χ1v) is 6.04. The quantitative estimate of drug-likeness (QED) is 0.809. The van der Waals surface area contributed by atoms with E-state index >= 15 is 0 Å². The zero-order valence-corrected chi connectivity index (χ0v) is 10.6. The molecule has 17 heavy (non-hydrogen) atoms. The van der Waals surface area contributed by atoms with Crippen LogP contribution >= 0.6 is 0 Å². The lowest BCUT2D eigenvalue weighted by Gasteiger charge is -2.31. The Hall–Kier alpha value is -1.42. The Morgan fingerprint density at radius 3 is 2.71 bits per heavy atom. The van der Waals surface area contributed by atoms with Gasteiger partial charge in [0, 0.05) is 18.4 Å². The molecule has 1 aliphatic carbocycles. The van der Waals surface area contributed by atoms with Crippen molar-refractivity contribution in [1.29, 1.82) is 0 Å². The zero-order valence-electron chi connectivity index (χ0n) is 10.6. The van der Waals surface area contributed by atoms with Crippen LogP contribution in [0, 0.1) is 0 Å². The summed E-state index contributed by atoms with van der Waals surface area (Å²) in [6.45, 7) is 6.18. The highest BCUT2D eigenvalue weighted by molar-refractivity contribution is 5.94. The molecule has 4 nitrogen and oxygen atoms in total. The Morgan fingerprint density at radius 1 is 1.53 bits per heavy atom. The van der Waals surface area contributed by atoms with Crippen molar-refractivity contribution >= 4 is 5.91 Å². The Labute approximate surface area is 102 Å². The molecular weight excluding hydrogens is 214 g/mol. The number of hydrogen-bond donors (Lipinski definition) is 1. The van der Waals surface area contributed by atoms with Gasteiger partial charge in [0.1, 0.15) is 0 Å². The van der Waals surface area contributed by atoms with Gasteiger partial charge < -0.3 is 0 Å². The van der Waals surface area contributed by atoms with Crippen molar-refractivity contribution in [2.45, 2.75) is 45.2 Å². The lowest BCUT2D eigenvalue weighted by Crippen LogP contribution is -2.52. The number of carbonyl (C=O) groups is 1.